The Morgan fingerprint density at radius 3 is 2.27 bits per heavy atom. The minimum absolute atomic E-state index is 0.0238. The number of hydrogen-bond donors (Lipinski definition) is 6. The van der Waals surface area contributed by atoms with Crippen LogP contribution in [0, 0.1) is 45.3 Å². The van der Waals surface area contributed by atoms with Crippen LogP contribution >= 0.6 is 0 Å². The predicted octanol–water partition coefficient (Wildman–Crippen LogP) is 4.32. The molecule has 5 aliphatic rings. The first-order chi connectivity index (χ1) is 20.3. The van der Waals surface area contributed by atoms with Crippen LogP contribution < -0.4 is 0 Å². The molecule has 0 spiro atoms. The van der Waals surface area contributed by atoms with Crippen LogP contribution in [0.1, 0.15) is 113 Å². The van der Waals surface area contributed by atoms with Crippen molar-refractivity contribution in [3.05, 3.63) is 11.6 Å². The predicted molar refractivity (Wildman–Crippen MR) is 168 cm³/mol. The lowest BCUT2D eigenvalue weighted by Gasteiger charge is -2.72. The summed E-state index contributed by atoms with van der Waals surface area (Å²) in [7, 11) is 0. The summed E-state index contributed by atoms with van der Waals surface area (Å²) in [5, 5.41) is 66.8. The van der Waals surface area contributed by atoms with Gasteiger partial charge < -0.3 is 40.1 Å². The van der Waals surface area contributed by atoms with Crippen molar-refractivity contribution in [2.75, 3.05) is 6.61 Å². The third-order valence-electron chi connectivity index (χ3n) is 14.2. The van der Waals surface area contributed by atoms with Crippen LogP contribution in [0.3, 0.4) is 0 Å². The zero-order valence-electron chi connectivity index (χ0n) is 28.5. The maximum atomic E-state index is 12.1. The lowest BCUT2D eigenvalue weighted by Crippen LogP contribution is -2.70. The molecule has 254 valence electrons. The van der Waals surface area contributed by atoms with Crippen molar-refractivity contribution in [2.24, 2.45) is 45.3 Å². The molecule has 0 radical (unpaired) electrons. The van der Waals surface area contributed by atoms with E-state index in [0.29, 0.717) is 25.7 Å². The maximum absolute atomic E-state index is 12.1. The number of ether oxygens (including phenoxy) is 2. The fourth-order valence-corrected chi connectivity index (χ4v) is 11.9. The van der Waals surface area contributed by atoms with Gasteiger partial charge in [-0.15, -0.1) is 0 Å². The van der Waals surface area contributed by atoms with E-state index in [9.17, 15) is 30.6 Å². The molecule has 0 aromatic rings. The fourth-order valence-electron chi connectivity index (χ4n) is 11.9. The third kappa shape index (κ3) is 5.35. The minimum Gasteiger partial charge on any atom is -0.394 e. The molecule has 8 nitrogen and oxygen atoms in total. The average molecular weight is 623 g/mol. The number of allylic oxidation sites excluding steroid dienone is 2. The molecule has 1 aliphatic heterocycles. The molecule has 0 bridgehead atoms. The van der Waals surface area contributed by atoms with Crippen LogP contribution in [0.5, 0.6) is 0 Å². The monoisotopic (exact) mass is 622 g/mol. The molecule has 44 heavy (non-hydrogen) atoms. The third-order valence-corrected chi connectivity index (χ3v) is 14.2. The van der Waals surface area contributed by atoms with Crippen molar-refractivity contribution in [3.8, 4) is 0 Å². The van der Waals surface area contributed by atoms with Crippen LogP contribution in [0.2, 0.25) is 0 Å². The van der Waals surface area contributed by atoms with Gasteiger partial charge in [0.15, 0.2) is 6.29 Å². The topological polar surface area (TPSA) is 140 Å². The Kier molecular flexibility index (Phi) is 9.35. The van der Waals surface area contributed by atoms with Crippen molar-refractivity contribution in [1.29, 1.82) is 0 Å². The Labute approximate surface area is 265 Å². The van der Waals surface area contributed by atoms with Gasteiger partial charge in [-0.3, -0.25) is 0 Å². The zero-order valence-corrected chi connectivity index (χ0v) is 28.5. The number of aliphatic hydroxyl groups is 6. The molecule has 5 rings (SSSR count). The summed E-state index contributed by atoms with van der Waals surface area (Å²) >= 11 is 0. The Morgan fingerprint density at radius 2 is 1.64 bits per heavy atom. The quantitative estimate of drug-likeness (QED) is 0.182. The molecular weight excluding hydrogens is 560 g/mol. The van der Waals surface area contributed by atoms with Crippen molar-refractivity contribution in [2.45, 2.75) is 162 Å². The summed E-state index contributed by atoms with van der Waals surface area (Å²) < 4.78 is 12.8. The fraction of sp³-hybridized carbons (Fsp3) is 0.944. The summed E-state index contributed by atoms with van der Waals surface area (Å²) in [6.45, 7) is 17.1. The van der Waals surface area contributed by atoms with Crippen LogP contribution in [0.15, 0.2) is 11.6 Å². The zero-order chi connectivity index (χ0) is 32.6. The Morgan fingerprint density at radius 1 is 0.955 bits per heavy atom. The van der Waals surface area contributed by atoms with Crippen LogP contribution in [-0.2, 0) is 9.47 Å². The highest BCUT2D eigenvalue weighted by molar-refractivity contribution is 5.22. The summed E-state index contributed by atoms with van der Waals surface area (Å²) in [5.41, 5.74) is -0.953. The molecule has 5 fully saturated rings. The number of rotatable bonds is 7. The highest BCUT2D eigenvalue weighted by Gasteiger charge is 2.73. The summed E-state index contributed by atoms with van der Waals surface area (Å²) in [4.78, 5) is 0. The van der Waals surface area contributed by atoms with E-state index < -0.39 is 47.8 Å². The summed E-state index contributed by atoms with van der Waals surface area (Å²) in [5.74, 6) is -0.00361. The minimum atomic E-state index is -1.24. The lowest BCUT2D eigenvalue weighted by molar-refractivity contribution is -0.334. The second kappa shape index (κ2) is 11.8. The molecule has 15 atom stereocenters. The molecule has 0 aromatic heterocycles. The number of hydrogen-bond acceptors (Lipinski definition) is 8. The molecule has 4 saturated carbocycles. The van der Waals surface area contributed by atoms with Crippen molar-refractivity contribution < 1.29 is 40.1 Å². The molecule has 6 N–H and O–H groups in total. The van der Waals surface area contributed by atoms with Crippen LogP contribution in [-0.4, -0.2) is 85.8 Å². The number of aliphatic hydroxyl groups excluding tert-OH is 5. The largest absolute Gasteiger partial charge is 0.394 e. The van der Waals surface area contributed by atoms with Gasteiger partial charge in [-0.2, -0.15) is 0 Å². The Bertz CT molecular complexity index is 1070. The lowest BCUT2D eigenvalue weighted by atomic mass is 9.34. The van der Waals surface area contributed by atoms with E-state index in [2.05, 4.69) is 54.5 Å². The Balaban J connectivity index is 1.54. The number of fused-ring (bicyclic) bond motifs is 5. The maximum Gasteiger partial charge on any atom is 0.186 e. The molecule has 1 saturated heterocycles. The van der Waals surface area contributed by atoms with Gasteiger partial charge in [-0.25, -0.2) is 0 Å². The smallest absolute Gasteiger partial charge is 0.186 e. The van der Waals surface area contributed by atoms with Gasteiger partial charge in [0.1, 0.15) is 6.10 Å². The van der Waals surface area contributed by atoms with E-state index in [1.54, 1.807) is 0 Å². The molecule has 15 unspecified atom stereocenters. The first-order valence-corrected chi connectivity index (χ1v) is 17.3. The van der Waals surface area contributed by atoms with Crippen molar-refractivity contribution in [1.82, 2.24) is 0 Å². The van der Waals surface area contributed by atoms with E-state index in [4.69, 9.17) is 9.47 Å². The van der Waals surface area contributed by atoms with E-state index >= 15 is 0 Å². The van der Waals surface area contributed by atoms with Gasteiger partial charge in [0.2, 0.25) is 0 Å². The van der Waals surface area contributed by atoms with Crippen LogP contribution in [0.4, 0.5) is 0 Å². The molecule has 0 aromatic carbocycles. The highest BCUT2D eigenvalue weighted by atomic mass is 16.7. The summed E-state index contributed by atoms with van der Waals surface area (Å²) in [6.07, 6.45) is 2.86. The van der Waals surface area contributed by atoms with Crippen molar-refractivity contribution >= 4 is 0 Å². The highest BCUT2D eigenvalue weighted by Crippen LogP contribution is 2.76. The molecule has 8 heteroatoms. The van der Waals surface area contributed by atoms with Gasteiger partial charge in [-0.05, 0) is 117 Å². The molecule has 0 amide bonds. The first kappa shape index (κ1) is 34.7. The van der Waals surface area contributed by atoms with Gasteiger partial charge >= 0.3 is 0 Å². The second-order valence-electron chi connectivity index (χ2n) is 17.4. The standard InChI is InChI=1S/C36H62O8/c1-20(2)10-9-13-36(8,42)22-11-15-34(6)28(22)23(38)17-26-33(5)14-12-27(40)32(3,4)30(33)25(18-35(26,34)7)44-31-29(41)24(39)16-21(19-37)43-31/h10,21-31,37-42H,9,11-19H2,1-8H3. The normalized spacial score (nSPS) is 51.5. The van der Waals surface area contributed by atoms with E-state index in [0.717, 1.165) is 25.7 Å². The second-order valence-corrected chi connectivity index (χ2v) is 17.4. The van der Waals surface area contributed by atoms with Gasteiger partial charge in [0, 0.05) is 6.42 Å². The molecule has 4 aliphatic carbocycles. The van der Waals surface area contributed by atoms with Gasteiger partial charge in [-0.1, -0.05) is 46.3 Å². The Hall–Kier alpha value is -0.580. The van der Waals surface area contributed by atoms with Crippen LogP contribution in [0.25, 0.3) is 0 Å². The van der Waals surface area contributed by atoms with Crippen molar-refractivity contribution in [3.63, 3.8) is 0 Å². The SMILES string of the molecule is CC(C)=CCCC(C)(O)C1CCC2(C)C1C(O)CC1C3(C)CCC(O)C(C)(C)C3C(OC3OC(CO)CC(O)C3O)CC12C. The first-order valence-electron chi connectivity index (χ1n) is 17.3. The van der Waals surface area contributed by atoms with E-state index in [1.165, 1.54) is 5.57 Å². The average Bonchev–Trinajstić information content (AvgIpc) is 3.31. The van der Waals surface area contributed by atoms with Gasteiger partial charge in [0.05, 0.1) is 42.7 Å². The van der Waals surface area contributed by atoms with E-state index in [1.807, 2.05) is 6.92 Å². The van der Waals surface area contributed by atoms with E-state index in [-0.39, 0.29) is 59.0 Å². The molecule has 1 heterocycles. The molecular formula is C36H62O8. The van der Waals surface area contributed by atoms with Gasteiger partial charge in [0.25, 0.3) is 0 Å². The summed E-state index contributed by atoms with van der Waals surface area (Å²) in [6, 6.07) is 0.